The van der Waals surface area contributed by atoms with Gasteiger partial charge in [-0.15, -0.1) is 0 Å². The standard InChI is InChI=1S/C13H19ClN2O4S/c1-13(2,3)20-12(17)16-8-11(21(15,18)19)9-4-6-10(14)7-5-9/h4-7,11H,8H2,1-3H3,(H,16,17)(H2,15,18,19). The molecule has 0 saturated heterocycles. The number of hydrogen-bond acceptors (Lipinski definition) is 4. The number of nitrogens with two attached hydrogens (primary N) is 1. The van der Waals surface area contributed by atoms with Crippen LogP contribution in [0.4, 0.5) is 4.79 Å². The molecule has 8 heteroatoms. The maximum atomic E-state index is 11.7. The summed E-state index contributed by atoms with van der Waals surface area (Å²) in [5.41, 5.74) is -0.223. The summed E-state index contributed by atoms with van der Waals surface area (Å²) in [7, 11) is -3.88. The average molecular weight is 335 g/mol. The molecule has 3 N–H and O–H groups in total. The van der Waals surface area contributed by atoms with Gasteiger partial charge in [-0.2, -0.15) is 0 Å². The molecule has 118 valence electrons. The molecule has 21 heavy (non-hydrogen) atoms. The van der Waals surface area contributed by atoms with Crippen LogP contribution in [-0.4, -0.2) is 26.7 Å². The Morgan fingerprint density at radius 2 is 1.86 bits per heavy atom. The van der Waals surface area contributed by atoms with Crippen molar-refractivity contribution >= 4 is 27.7 Å². The van der Waals surface area contributed by atoms with E-state index in [0.29, 0.717) is 10.6 Å². The molecule has 1 amide bonds. The number of ether oxygens (including phenoxy) is 1. The summed E-state index contributed by atoms with van der Waals surface area (Å²) in [6.45, 7) is 4.95. The van der Waals surface area contributed by atoms with Crippen molar-refractivity contribution < 1.29 is 17.9 Å². The van der Waals surface area contributed by atoms with Gasteiger partial charge >= 0.3 is 6.09 Å². The van der Waals surface area contributed by atoms with Crippen molar-refractivity contribution in [1.29, 1.82) is 0 Å². The number of rotatable bonds is 4. The quantitative estimate of drug-likeness (QED) is 0.881. The Balaban J connectivity index is 2.82. The maximum absolute atomic E-state index is 11.7. The summed E-state index contributed by atoms with van der Waals surface area (Å²) < 4.78 is 28.4. The summed E-state index contributed by atoms with van der Waals surface area (Å²) in [5, 5.41) is 7.03. The van der Waals surface area contributed by atoms with E-state index < -0.39 is 27.0 Å². The summed E-state index contributed by atoms with van der Waals surface area (Å²) in [4.78, 5) is 11.6. The van der Waals surface area contributed by atoms with Gasteiger partial charge in [0.15, 0.2) is 0 Å². The molecular formula is C13H19ClN2O4S. The van der Waals surface area contributed by atoms with Gasteiger partial charge in [-0.3, -0.25) is 0 Å². The van der Waals surface area contributed by atoms with Crippen LogP contribution in [0.2, 0.25) is 5.02 Å². The van der Waals surface area contributed by atoms with Crippen LogP contribution in [0.3, 0.4) is 0 Å². The summed E-state index contributed by atoms with van der Waals surface area (Å²) >= 11 is 5.76. The Labute approximate surface area is 129 Å². The number of nitrogens with one attached hydrogen (secondary N) is 1. The van der Waals surface area contributed by atoms with Crippen molar-refractivity contribution in [3.63, 3.8) is 0 Å². The highest BCUT2D eigenvalue weighted by Crippen LogP contribution is 2.21. The molecule has 0 spiro atoms. The number of hydrogen-bond donors (Lipinski definition) is 2. The molecule has 0 saturated carbocycles. The molecule has 0 fully saturated rings. The van der Waals surface area contributed by atoms with Gasteiger partial charge in [0.2, 0.25) is 10.0 Å². The Morgan fingerprint density at radius 3 is 2.29 bits per heavy atom. The third-order valence-corrected chi connectivity index (χ3v) is 3.95. The Hall–Kier alpha value is -1.31. The van der Waals surface area contributed by atoms with Gasteiger partial charge < -0.3 is 10.1 Å². The van der Waals surface area contributed by atoms with Crippen LogP contribution in [-0.2, 0) is 14.8 Å². The van der Waals surface area contributed by atoms with Gasteiger partial charge in [0, 0.05) is 11.6 Å². The molecule has 0 aromatic heterocycles. The van der Waals surface area contributed by atoms with Crippen molar-refractivity contribution in [2.75, 3.05) is 6.54 Å². The molecule has 0 radical (unpaired) electrons. The highest BCUT2D eigenvalue weighted by atomic mass is 35.5. The maximum Gasteiger partial charge on any atom is 0.407 e. The largest absolute Gasteiger partial charge is 0.444 e. The third kappa shape index (κ3) is 6.33. The Morgan fingerprint density at radius 1 is 1.33 bits per heavy atom. The molecule has 1 aromatic carbocycles. The van der Waals surface area contributed by atoms with Gasteiger partial charge in [-0.25, -0.2) is 18.4 Å². The van der Waals surface area contributed by atoms with Gasteiger partial charge in [0.1, 0.15) is 10.9 Å². The molecule has 1 aromatic rings. The van der Waals surface area contributed by atoms with E-state index in [1.807, 2.05) is 0 Å². The fourth-order valence-electron chi connectivity index (χ4n) is 1.59. The number of carbonyl (C=O) groups is 1. The van der Waals surface area contributed by atoms with Crippen LogP contribution in [0.1, 0.15) is 31.6 Å². The molecule has 0 aliphatic rings. The van der Waals surface area contributed by atoms with E-state index in [0.717, 1.165) is 0 Å². The van der Waals surface area contributed by atoms with Gasteiger partial charge in [0.25, 0.3) is 0 Å². The number of sulfonamides is 1. The lowest BCUT2D eigenvalue weighted by atomic mass is 10.1. The van der Waals surface area contributed by atoms with E-state index in [1.165, 1.54) is 0 Å². The van der Waals surface area contributed by atoms with Crippen molar-refractivity contribution in [3.05, 3.63) is 34.9 Å². The SMILES string of the molecule is CC(C)(C)OC(=O)NCC(c1ccc(Cl)cc1)S(N)(=O)=O. The first kappa shape index (κ1) is 17.7. The lowest BCUT2D eigenvalue weighted by Crippen LogP contribution is -2.37. The fourth-order valence-corrected chi connectivity index (χ4v) is 2.57. The zero-order valence-corrected chi connectivity index (χ0v) is 13.7. The van der Waals surface area contributed by atoms with Gasteiger partial charge in [-0.05, 0) is 38.5 Å². The molecule has 0 bridgehead atoms. The predicted molar refractivity (Wildman–Crippen MR) is 81.5 cm³/mol. The molecule has 1 rings (SSSR count). The lowest BCUT2D eigenvalue weighted by Gasteiger charge is -2.21. The number of primary sulfonamides is 1. The first-order chi connectivity index (χ1) is 9.49. The second kappa shape index (κ2) is 6.64. The topological polar surface area (TPSA) is 98.5 Å². The van der Waals surface area contributed by atoms with E-state index in [1.54, 1.807) is 45.0 Å². The second-order valence-electron chi connectivity index (χ2n) is 5.51. The zero-order chi connectivity index (χ0) is 16.3. The van der Waals surface area contributed by atoms with Gasteiger partial charge in [0.05, 0.1) is 0 Å². The number of benzene rings is 1. The molecule has 1 unspecified atom stereocenters. The van der Waals surface area contributed by atoms with Gasteiger partial charge in [-0.1, -0.05) is 23.7 Å². The number of halogens is 1. The minimum Gasteiger partial charge on any atom is -0.444 e. The van der Waals surface area contributed by atoms with E-state index >= 15 is 0 Å². The van der Waals surface area contributed by atoms with E-state index in [-0.39, 0.29) is 6.54 Å². The Kier molecular flexibility index (Phi) is 5.61. The lowest BCUT2D eigenvalue weighted by molar-refractivity contribution is 0.0528. The van der Waals surface area contributed by atoms with E-state index in [2.05, 4.69) is 5.32 Å². The molecule has 6 nitrogen and oxygen atoms in total. The zero-order valence-electron chi connectivity index (χ0n) is 12.1. The number of carbonyl (C=O) groups excluding carboxylic acids is 1. The van der Waals surface area contributed by atoms with Crippen molar-refractivity contribution in [1.82, 2.24) is 5.32 Å². The fraction of sp³-hybridized carbons (Fsp3) is 0.462. The number of amides is 1. The normalized spacial score (nSPS) is 13.6. The van der Waals surface area contributed by atoms with Crippen molar-refractivity contribution in [3.8, 4) is 0 Å². The summed E-state index contributed by atoms with van der Waals surface area (Å²) in [6, 6.07) is 6.22. The van der Waals surface area contributed by atoms with Crippen LogP contribution in [0, 0.1) is 0 Å². The Bertz CT molecular complexity index is 594. The van der Waals surface area contributed by atoms with Crippen LogP contribution in [0.5, 0.6) is 0 Å². The van der Waals surface area contributed by atoms with E-state index in [9.17, 15) is 13.2 Å². The molecule has 0 heterocycles. The van der Waals surface area contributed by atoms with Crippen LogP contribution in [0.25, 0.3) is 0 Å². The minimum atomic E-state index is -3.88. The predicted octanol–water partition coefficient (Wildman–Crippen LogP) is 2.19. The third-order valence-electron chi connectivity index (χ3n) is 2.47. The first-order valence-electron chi connectivity index (χ1n) is 6.23. The second-order valence-corrected chi connectivity index (χ2v) is 7.70. The van der Waals surface area contributed by atoms with Crippen LogP contribution in [0.15, 0.2) is 24.3 Å². The van der Waals surface area contributed by atoms with Crippen LogP contribution < -0.4 is 10.5 Å². The molecule has 1 atom stereocenters. The molecule has 0 aliphatic heterocycles. The van der Waals surface area contributed by atoms with Crippen molar-refractivity contribution in [2.45, 2.75) is 31.6 Å². The minimum absolute atomic E-state index is 0.185. The first-order valence-corrected chi connectivity index (χ1v) is 8.22. The average Bonchev–Trinajstić information content (AvgIpc) is 2.27. The molecule has 0 aliphatic carbocycles. The monoisotopic (exact) mass is 334 g/mol. The highest BCUT2D eigenvalue weighted by molar-refractivity contribution is 7.89. The number of alkyl carbamates (subject to hydrolysis) is 1. The van der Waals surface area contributed by atoms with Crippen LogP contribution >= 0.6 is 11.6 Å². The summed E-state index contributed by atoms with van der Waals surface area (Å²) in [6.07, 6.45) is -0.704. The van der Waals surface area contributed by atoms with E-state index in [4.69, 9.17) is 21.5 Å². The van der Waals surface area contributed by atoms with Crippen molar-refractivity contribution in [2.24, 2.45) is 5.14 Å². The summed E-state index contributed by atoms with van der Waals surface area (Å²) in [5.74, 6) is 0. The highest BCUT2D eigenvalue weighted by Gasteiger charge is 2.25. The molecular weight excluding hydrogens is 316 g/mol. The smallest absolute Gasteiger partial charge is 0.407 e.